The third-order valence-corrected chi connectivity index (χ3v) is 2.98. The Bertz CT molecular complexity index is 456. The van der Waals surface area contributed by atoms with Gasteiger partial charge in [-0.15, -0.1) is 11.3 Å². The normalized spacial score (nSPS) is 10.1. The summed E-state index contributed by atoms with van der Waals surface area (Å²) < 4.78 is 5.05. The monoisotopic (exact) mass is 235 g/mol. The zero-order valence-electron chi connectivity index (χ0n) is 8.93. The molecule has 0 spiro atoms. The molecule has 2 rings (SSSR count). The van der Waals surface area contributed by atoms with Gasteiger partial charge < -0.3 is 15.8 Å². The summed E-state index contributed by atoms with van der Waals surface area (Å²) in [4.78, 5) is 5.50. The third kappa shape index (κ3) is 2.43. The number of thiophene rings is 1. The maximum absolute atomic E-state index is 5.68. The topological polar surface area (TPSA) is 60.2 Å². The van der Waals surface area contributed by atoms with E-state index in [1.54, 1.807) is 24.5 Å². The van der Waals surface area contributed by atoms with Gasteiger partial charge in [0.15, 0.2) is 0 Å². The molecule has 0 saturated heterocycles. The van der Waals surface area contributed by atoms with Crippen LogP contribution in [0.4, 0.5) is 11.5 Å². The van der Waals surface area contributed by atoms with E-state index in [-0.39, 0.29) is 0 Å². The summed E-state index contributed by atoms with van der Waals surface area (Å²) >= 11 is 1.71. The highest BCUT2D eigenvalue weighted by Gasteiger charge is 2.02. The predicted octanol–water partition coefficient (Wildman–Crippen LogP) is 2.35. The molecule has 0 aromatic carbocycles. The van der Waals surface area contributed by atoms with Crippen LogP contribution in [0.25, 0.3) is 0 Å². The van der Waals surface area contributed by atoms with Crippen molar-refractivity contribution in [3.8, 4) is 5.88 Å². The Kier molecular flexibility index (Phi) is 3.26. The minimum absolute atomic E-state index is 0.455. The number of anilines is 2. The molecule has 0 atom stereocenters. The molecule has 84 valence electrons. The van der Waals surface area contributed by atoms with Crippen LogP contribution in [0.15, 0.2) is 29.6 Å². The lowest BCUT2D eigenvalue weighted by Crippen LogP contribution is -2.02. The lowest BCUT2D eigenvalue weighted by atomic mass is 10.4. The summed E-state index contributed by atoms with van der Waals surface area (Å²) in [5, 5.41) is 5.26. The van der Waals surface area contributed by atoms with Crippen molar-refractivity contribution < 1.29 is 4.74 Å². The summed E-state index contributed by atoms with van der Waals surface area (Å²) in [5.74, 6) is 1.22. The fourth-order valence-electron chi connectivity index (χ4n) is 1.30. The van der Waals surface area contributed by atoms with Gasteiger partial charge in [0.1, 0.15) is 5.82 Å². The second kappa shape index (κ2) is 4.85. The van der Waals surface area contributed by atoms with Gasteiger partial charge in [0.05, 0.1) is 19.3 Å². The molecule has 0 aliphatic heterocycles. The highest BCUT2D eigenvalue weighted by molar-refractivity contribution is 7.09. The van der Waals surface area contributed by atoms with Gasteiger partial charge in [-0.3, -0.25) is 0 Å². The summed E-state index contributed by atoms with van der Waals surface area (Å²) in [6.45, 7) is 0.762. The number of aromatic nitrogens is 1. The number of rotatable bonds is 4. The van der Waals surface area contributed by atoms with E-state index in [0.717, 1.165) is 12.4 Å². The Hall–Kier alpha value is -1.75. The van der Waals surface area contributed by atoms with Crippen LogP contribution in [-0.2, 0) is 6.54 Å². The first-order chi connectivity index (χ1) is 7.79. The molecule has 5 heteroatoms. The van der Waals surface area contributed by atoms with E-state index in [1.165, 1.54) is 4.88 Å². The van der Waals surface area contributed by atoms with Gasteiger partial charge in [0.2, 0.25) is 5.88 Å². The first kappa shape index (κ1) is 10.8. The van der Waals surface area contributed by atoms with E-state index < -0.39 is 0 Å². The molecule has 3 N–H and O–H groups in total. The molecule has 0 fully saturated rings. The molecule has 0 aliphatic carbocycles. The smallest absolute Gasteiger partial charge is 0.238 e. The largest absolute Gasteiger partial charge is 0.479 e. The van der Waals surface area contributed by atoms with Crippen LogP contribution < -0.4 is 15.8 Å². The number of pyridine rings is 1. The van der Waals surface area contributed by atoms with Crippen molar-refractivity contribution in [3.63, 3.8) is 0 Å². The molecule has 0 unspecified atom stereocenters. The third-order valence-electron chi connectivity index (χ3n) is 2.11. The highest BCUT2D eigenvalue weighted by Crippen LogP contribution is 2.20. The average Bonchev–Trinajstić information content (AvgIpc) is 2.81. The Morgan fingerprint density at radius 2 is 2.31 bits per heavy atom. The summed E-state index contributed by atoms with van der Waals surface area (Å²) in [7, 11) is 1.56. The lowest BCUT2D eigenvalue weighted by molar-refractivity contribution is 0.401. The van der Waals surface area contributed by atoms with Crippen molar-refractivity contribution in [3.05, 3.63) is 34.5 Å². The molecule has 2 aromatic rings. The van der Waals surface area contributed by atoms with Crippen LogP contribution in [0.2, 0.25) is 0 Å². The maximum atomic E-state index is 5.68. The van der Waals surface area contributed by atoms with Crippen LogP contribution >= 0.6 is 11.3 Å². The standard InChI is InChI=1S/C11H13N3OS/c1-15-11-9(12)4-5-10(14-11)13-7-8-3-2-6-16-8/h2-6H,7,12H2,1H3,(H,13,14). The molecular formula is C11H13N3OS. The molecule has 2 aromatic heterocycles. The minimum atomic E-state index is 0.455. The minimum Gasteiger partial charge on any atom is -0.479 e. The summed E-state index contributed by atoms with van der Waals surface area (Å²) in [5.41, 5.74) is 6.22. The molecular weight excluding hydrogens is 222 g/mol. The van der Waals surface area contributed by atoms with Crippen LogP contribution in [-0.4, -0.2) is 12.1 Å². The van der Waals surface area contributed by atoms with Gasteiger partial charge in [-0.2, -0.15) is 4.98 Å². The number of nitrogens with one attached hydrogen (secondary N) is 1. The van der Waals surface area contributed by atoms with Crippen LogP contribution in [0.3, 0.4) is 0 Å². The van der Waals surface area contributed by atoms with Crippen molar-refractivity contribution >= 4 is 22.8 Å². The van der Waals surface area contributed by atoms with Crippen LogP contribution in [0, 0.1) is 0 Å². The van der Waals surface area contributed by atoms with Crippen molar-refractivity contribution in [2.24, 2.45) is 0 Å². The maximum Gasteiger partial charge on any atom is 0.238 e. The van der Waals surface area contributed by atoms with Crippen LogP contribution in [0.5, 0.6) is 5.88 Å². The fourth-order valence-corrected chi connectivity index (χ4v) is 1.95. The Morgan fingerprint density at radius 3 is 3.00 bits per heavy atom. The average molecular weight is 235 g/mol. The Labute approximate surface area is 98.1 Å². The lowest BCUT2D eigenvalue weighted by Gasteiger charge is -2.07. The second-order valence-electron chi connectivity index (χ2n) is 3.23. The van der Waals surface area contributed by atoms with Crippen molar-refractivity contribution in [1.82, 2.24) is 4.98 Å². The fraction of sp³-hybridized carbons (Fsp3) is 0.182. The SMILES string of the molecule is COc1nc(NCc2cccs2)ccc1N. The van der Waals surface area contributed by atoms with Crippen molar-refractivity contribution in [2.45, 2.75) is 6.54 Å². The molecule has 0 aliphatic rings. The molecule has 2 heterocycles. The van der Waals surface area contributed by atoms with Gasteiger partial charge in [-0.05, 0) is 23.6 Å². The zero-order valence-corrected chi connectivity index (χ0v) is 9.75. The van der Waals surface area contributed by atoms with Crippen LogP contribution in [0.1, 0.15) is 4.88 Å². The zero-order chi connectivity index (χ0) is 11.4. The predicted molar refractivity (Wildman–Crippen MR) is 66.8 cm³/mol. The van der Waals surface area contributed by atoms with Gasteiger partial charge in [0, 0.05) is 4.88 Å². The number of methoxy groups -OCH3 is 1. The quantitative estimate of drug-likeness (QED) is 0.854. The summed E-state index contributed by atoms with van der Waals surface area (Å²) in [6, 6.07) is 7.72. The number of nitrogens with zero attached hydrogens (tertiary/aromatic N) is 1. The Morgan fingerprint density at radius 1 is 1.44 bits per heavy atom. The highest BCUT2D eigenvalue weighted by atomic mass is 32.1. The molecule has 16 heavy (non-hydrogen) atoms. The number of nitrogens with two attached hydrogens (primary N) is 1. The van der Waals surface area contributed by atoms with E-state index in [2.05, 4.69) is 16.4 Å². The first-order valence-corrected chi connectivity index (χ1v) is 5.74. The molecule has 4 nitrogen and oxygen atoms in total. The number of nitrogen functional groups attached to an aromatic ring is 1. The Balaban J connectivity index is 2.04. The van der Waals surface area contributed by atoms with Gasteiger partial charge in [-0.1, -0.05) is 6.07 Å². The van der Waals surface area contributed by atoms with Gasteiger partial charge in [0.25, 0.3) is 0 Å². The summed E-state index contributed by atoms with van der Waals surface area (Å²) in [6.07, 6.45) is 0. The molecule has 0 radical (unpaired) electrons. The number of hydrogen-bond donors (Lipinski definition) is 2. The molecule has 0 bridgehead atoms. The van der Waals surface area contributed by atoms with E-state index in [9.17, 15) is 0 Å². The van der Waals surface area contributed by atoms with E-state index in [4.69, 9.17) is 10.5 Å². The van der Waals surface area contributed by atoms with E-state index in [0.29, 0.717) is 11.6 Å². The van der Waals surface area contributed by atoms with Crippen molar-refractivity contribution in [2.75, 3.05) is 18.2 Å². The molecule has 0 saturated carbocycles. The van der Waals surface area contributed by atoms with Gasteiger partial charge >= 0.3 is 0 Å². The second-order valence-corrected chi connectivity index (χ2v) is 4.26. The molecule has 0 amide bonds. The number of ether oxygens (including phenoxy) is 1. The first-order valence-electron chi connectivity index (χ1n) is 4.86. The van der Waals surface area contributed by atoms with E-state index >= 15 is 0 Å². The number of hydrogen-bond acceptors (Lipinski definition) is 5. The van der Waals surface area contributed by atoms with Gasteiger partial charge in [-0.25, -0.2) is 0 Å². The van der Waals surface area contributed by atoms with E-state index in [1.807, 2.05) is 17.5 Å². The van der Waals surface area contributed by atoms with Crippen molar-refractivity contribution in [1.29, 1.82) is 0 Å².